The predicted octanol–water partition coefficient (Wildman–Crippen LogP) is 1.37. The molecule has 6 heteroatoms. The van der Waals surface area contributed by atoms with Gasteiger partial charge in [0.15, 0.2) is 0 Å². The number of hydrogen-bond acceptors (Lipinski definition) is 3. The van der Waals surface area contributed by atoms with Crippen LogP contribution in [0.2, 0.25) is 0 Å². The number of carboxylic acid groups (broad SMARTS) is 1. The van der Waals surface area contributed by atoms with Crippen molar-refractivity contribution >= 4 is 12.0 Å². The highest BCUT2D eigenvalue weighted by molar-refractivity contribution is 5.75. The summed E-state index contributed by atoms with van der Waals surface area (Å²) < 4.78 is 0. The van der Waals surface area contributed by atoms with Gasteiger partial charge in [-0.25, -0.2) is 4.79 Å². The van der Waals surface area contributed by atoms with E-state index >= 15 is 0 Å². The van der Waals surface area contributed by atoms with Crippen molar-refractivity contribution in [2.45, 2.75) is 50.6 Å². The van der Waals surface area contributed by atoms with E-state index in [1.165, 1.54) is 0 Å². The van der Waals surface area contributed by atoms with Crippen molar-refractivity contribution in [3.05, 3.63) is 0 Å². The molecule has 21 heavy (non-hydrogen) atoms. The van der Waals surface area contributed by atoms with Crippen molar-refractivity contribution in [3.8, 4) is 0 Å². The number of fused-ring (bicyclic) bond motifs is 2. The molecule has 2 atom stereocenters. The number of aliphatic carboxylic acids is 1. The maximum Gasteiger partial charge on any atom is 0.320 e. The highest BCUT2D eigenvalue weighted by Gasteiger charge is 2.44. The summed E-state index contributed by atoms with van der Waals surface area (Å²) in [4.78, 5) is 27.3. The van der Waals surface area contributed by atoms with E-state index in [1.807, 2.05) is 19.0 Å². The Morgan fingerprint density at radius 3 is 2.43 bits per heavy atom. The van der Waals surface area contributed by atoms with E-state index in [-0.39, 0.29) is 30.5 Å². The molecule has 2 heterocycles. The zero-order chi connectivity index (χ0) is 15.4. The van der Waals surface area contributed by atoms with Crippen LogP contribution in [-0.2, 0) is 4.79 Å². The van der Waals surface area contributed by atoms with Gasteiger partial charge in [0.1, 0.15) is 0 Å². The number of carboxylic acids is 1. The van der Waals surface area contributed by atoms with Gasteiger partial charge in [0.05, 0.1) is 0 Å². The standard InChI is InChI=1S/C15H27N3O3/c1-16-6-3-7-17(2)15(21)18-12-4-5-13(18)9-11(8-12)10-14(19)20/h11-13,16H,3-10H2,1-2H3,(H,19,20). The smallest absolute Gasteiger partial charge is 0.320 e. The minimum absolute atomic E-state index is 0.118. The number of carbonyl (C=O) groups excluding carboxylic acids is 1. The van der Waals surface area contributed by atoms with Crippen LogP contribution < -0.4 is 5.32 Å². The molecule has 120 valence electrons. The van der Waals surface area contributed by atoms with Crippen LogP contribution >= 0.6 is 0 Å². The fraction of sp³-hybridized carbons (Fsp3) is 0.867. The number of urea groups is 1. The molecular weight excluding hydrogens is 270 g/mol. The van der Waals surface area contributed by atoms with Gasteiger partial charge in [-0.2, -0.15) is 0 Å². The second kappa shape index (κ2) is 7.11. The molecule has 2 N–H and O–H groups in total. The summed E-state index contributed by atoms with van der Waals surface area (Å²) in [6.45, 7) is 1.67. The number of hydrogen-bond donors (Lipinski definition) is 2. The summed E-state index contributed by atoms with van der Waals surface area (Å²) in [5, 5.41) is 12.0. The van der Waals surface area contributed by atoms with Gasteiger partial charge in [-0.15, -0.1) is 0 Å². The van der Waals surface area contributed by atoms with Gasteiger partial charge < -0.3 is 20.2 Å². The van der Waals surface area contributed by atoms with Crippen LogP contribution in [0.25, 0.3) is 0 Å². The minimum Gasteiger partial charge on any atom is -0.481 e. The quantitative estimate of drug-likeness (QED) is 0.726. The third-order valence-electron chi connectivity index (χ3n) is 4.76. The highest BCUT2D eigenvalue weighted by Crippen LogP contribution is 2.40. The van der Waals surface area contributed by atoms with Gasteiger partial charge in [-0.05, 0) is 51.6 Å². The van der Waals surface area contributed by atoms with Crippen molar-refractivity contribution in [1.82, 2.24) is 15.1 Å². The number of nitrogens with one attached hydrogen (secondary N) is 1. The second-order valence-electron chi connectivity index (χ2n) is 6.39. The maximum absolute atomic E-state index is 12.6. The molecule has 0 aromatic rings. The van der Waals surface area contributed by atoms with Crippen molar-refractivity contribution in [1.29, 1.82) is 0 Å². The lowest BCUT2D eigenvalue weighted by atomic mass is 9.88. The summed E-state index contributed by atoms with van der Waals surface area (Å²) >= 11 is 0. The highest BCUT2D eigenvalue weighted by atomic mass is 16.4. The summed E-state index contributed by atoms with van der Waals surface area (Å²) in [6.07, 6.45) is 4.93. The van der Waals surface area contributed by atoms with Gasteiger partial charge >= 0.3 is 12.0 Å². The first-order valence-electron chi connectivity index (χ1n) is 7.92. The number of amides is 2. The fourth-order valence-corrected chi connectivity index (χ4v) is 3.80. The van der Waals surface area contributed by atoms with E-state index in [2.05, 4.69) is 5.32 Å². The first-order chi connectivity index (χ1) is 10.0. The fourth-order valence-electron chi connectivity index (χ4n) is 3.80. The van der Waals surface area contributed by atoms with Crippen LogP contribution in [0.3, 0.4) is 0 Å². The molecule has 0 saturated carbocycles. The van der Waals surface area contributed by atoms with Crippen LogP contribution in [0.4, 0.5) is 4.79 Å². The van der Waals surface area contributed by atoms with Crippen molar-refractivity contribution < 1.29 is 14.7 Å². The number of nitrogens with zero attached hydrogens (tertiary/aromatic N) is 2. The Kier molecular flexibility index (Phi) is 5.45. The summed E-state index contributed by atoms with van der Waals surface area (Å²) in [5.74, 6) is -0.484. The van der Waals surface area contributed by atoms with E-state index < -0.39 is 5.97 Å². The predicted molar refractivity (Wildman–Crippen MR) is 80.2 cm³/mol. The largest absolute Gasteiger partial charge is 0.481 e. The van der Waals surface area contributed by atoms with Gasteiger partial charge in [-0.3, -0.25) is 4.79 Å². The summed E-state index contributed by atoms with van der Waals surface area (Å²) in [7, 11) is 3.77. The molecule has 2 saturated heterocycles. The second-order valence-corrected chi connectivity index (χ2v) is 6.39. The number of carbonyl (C=O) groups is 2. The van der Waals surface area contributed by atoms with Crippen molar-refractivity contribution in [2.24, 2.45) is 5.92 Å². The molecule has 0 radical (unpaired) electrons. The van der Waals surface area contributed by atoms with E-state index in [0.717, 1.165) is 45.2 Å². The Hall–Kier alpha value is -1.30. The normalized spacial score (nSPS) is 27.7. The van der Waals surface area contributed by atoms with Gasteiger partial charge in [0, 0.05) is 32.1 Å². The third-order valence-corrected chi connectivity index (χ3v) is 4.76. The molecule has 2 fully saturated rings. The molecule has 0 spiro atoms. The lowest BCUT2D eigenvalue weighted by Gasteiger charge is -2.40. The molecule has 0 aromatic carbocycles. The molecule has 2 unspecified atom stereocenters. The van der Waals surface area contributed by atoms with E-state index in [4.69, 9.17) is 5.11 Å². The Labute approximate surface area is 126 Å². The molecule has 0 aromatic heterocycles. The summed E-state index contributed by atoms with van der Waals surface area (Å²) in [6, 6.07) is 0.604. The maximum atomic E-state index is 12.6. The topological polar surface area (TPSA) is 72.9 Å². The van der Waals surface area contributed by atoms with E-state index in [9.17, 15) is 9.59 Å². The zero-order valence-corrected chi connectivity index (χ0v) is 13.0. The van der Waals surface area contributed by atoms with Gasteiger partial charge in [-0.1, -0.05) is 0 Å². The Balaban J connectivity index is 1.90. The van der Waals surface area contributed by atoms with E-state index in [0.29, 0.717) is 0 Å². The van der Waals surface area contributed by atoms with Gasteiger partial charge in [0.2, 0.25) is 0 Å². The lowest BCUT2D eigenvalue weighted by molar-refractivity contribution is -0.138. The zero-order valence-electron chi connectivity index (χ0n) is 13.0. The van der Waals surface area contributed by atoms with Crippen LogP contribution in [0.15, 0.2) is 0 Å². The van der Waals surface area contributed by atoms with Crippen molar-refractivity contribution in [2.75, 3.05) is 27.2 Å². The Morgan fingerprint density at radius 1 is 1.29 bits per heavy atom. The minimum atomic E-state index is -0.719. The van der Waals surface area contributed by atoms with Crippen molar-refractivity contribution in [3.63, 3.8) is 0 Å². The molecule has 0 aliphatic carbocycles. The molecule has 2 aliphatic heterocycles. The SMILES string of the molecule is CNCCCN(C)C(=O)N1C2CCC1CC(CC(=O)O)C2. The van der Waals surface area contributed by atoms with Crippen LogP contribution in [-0.4, -0.2) is 66.2 Å². The lowest BCUT2D eigenvalue weighted by Crippen LogP contribution is -2.51. The molecule has 6 nitrogen and oxygen atoms in total. The average molecular weight is 297 g/mol. The monoisotopic (exact) mass is 297 g/mol. The van der Waals surface area contributed by atoms with Crippen LogP contribution in [0.5, 0.6) is 0 Å². The number of rotatable bonds is 6. The molecule has 2 rings (SSSR count). The molecule has 2 bridgehead atoms. The first kappa shape index (κ1) is 16.1. The molecule has 2 aliphatic rings. The summed E-state index contributed by atoms with van der Waals surface area (Å²) in [5.41, 5.74) is 0. The van der Waals surface area contributed by atoms with Crippen LogP contribution in [0, 0.1) is 5.92 Å². The van der Waals surface area contributed by atoms with Gasteiger partial charge in [0.25, 0.3) is 0 Å². The molecular formula is C15H27N3O3. The average Bonchev–Trinajstić information content (AvgIpc) is 2.69. The Bertz CT molecular complexity index is 374. The third kappa shape index (κ3) is 3.87. The Morgan fingerprint density at radius 2 is 1.90 bits per heavy atom. The number of piperidine rings is 1. The first-order valence-corrected chi connectivity index (χ1v) is 7.92. The van der Waals surface area contributed by atoms with E-state index in [1.54, 1.807) is 4.90 Å². The molecule has 2 amide bonds. The van der Waals surface area contributed by atoms with Crippen LogP contribution in [0.1, 0.15) is 38.5 Å².